The lowest BCUT2D eigenvalue weighted by molar-refractivity contribution is -0.141. The van der Waals surface area contributed by atoms with Gasteiger partial charge in [-0.1, -0.05) is 94.5 Å². The number of carbonyl (C=O) groups is 2. The molecule has 0 bridgehead atoms. The highest BCUT2D eigenvalue weighted by atomic mass is 16.5. The van der Waals surface area contributed by atoms with E-state index >= 15 is 0 Å². The molecule has 0 saturated carbocycles. The van der Waals surface area contributed by atoms with Crippen molar-refractivity contribution < 1.29 is 24.2 Å². The third-order valence-electron chi connectivity index (χ3n) is 6.93. The van der Waals surface area contributed by atoms with Gasteiger partial charge in [-0.3, -0.25) is 4.79 Å². The lowest BCUT2D eigenvalue weighted by atomic mass is 9.72. The molecule has 3 rings (SSSR count). The van der Waals surface area contributed by atoms with Crippen LogP contribution in [0, 0.1) is 0 Å². The summed E-state index contributed by atoms with van der Waals surface area (Å²) in [6, 6.07) is 14.8. The average Bonchev–Trinajstić information content (AvgIpc) is 2.92. The van der Waals surface area contributed by atoms with Gasteiger partial charge in [-0.05, 0) is 61.1 Å². The van der Waals surface area contributed by atoms with Crippen LogP contribution in [0.2, 0.25) is 0 Å². The first-order valence-corrected chi connectivity index (χ1v) is 13.6. The quantitative estimate of drug-likeness (QED) is 0.210. The van der Waals surface area contributed by atoms with Gasteiger partial charge in [0.1, 0.15) is 11.2 Å². The van der Waals surface area contributed by atoms with Gasteiger partial charge < -0.3 is 14.6 Å². The Kier molecular flexibility index (Phi) is 10.6. The lowest BCUT2D eigenvalue weighted by Crippen LogP contribution is -2.36. The number of carbonyl (C=O) groups excluding carboxylic acids is 1. The lowest BCUT2D eigenvalue weighted by Gasteiger charge is -2.30. The number of esters is 1. The Balaban J connectivity index is 1.75. The van der Waals surface area contributed by atoms with Gasteiger partial charge in [0, 0.05) is 0 Å². The van der Waals surface area contributed by atoms with Gasteiger partial charge in [0.2, 0.25) is 0 Å². The molecule has 2 unspecified atom stereocenters. The van der Waals surface area contributed by atoms with Crippen LogP contribution < -0.4 is 4.74 Å². The number of allylic oxidation sites excluding steroid dienone is 3. The fraction of sp³-hybridized carbons (Fsp3) is 0.438. The summed E-state index contributed by atoms with van der Waals surface area (Å²) in [6.07, 6.45) is 12.9. The molecule has 0 fully saturated rings. The Morgan fingerprint density at radius 1 is 0.973 bits per heavy atom. The van der Waals surface area contributed by atoms with Crippen LogP contribution in [0.1, 0.15) is 93.6 Å². The smallest absolute Gasteiger partial charge is 0.338 e. The number of hydrogen-bond acceptors (Lipinski definition) is 4. The second-order valence-corrected chi connectivity index (χ2v) is 9.81. The summed E-state index contributed by atoms with van der Waals surface area (Å²) in [5.41, 5.74) is 1.35. The molecule has 0 aromatic heterocycles. The standard InChI is InChI=1S/C32H40O5/c1-4-6-8-11-23-36-27-17-15-25(16-18-27)26-19-21-32(22-20-26,31(34)35)29-14-10-9-13-28(29)30(33)37-24(3)12-7-5-2/h9-10,13-21,24H,4-8,11-12,22-23H2,1-3H3,(H,34,35). The van der Waals surface area contributed by atoms with Gasteiger partial charge in [-0.15, -0.1) is 0 Å². The molecule has 2 aromatic rings. The number of benzene rings is 2. The van der Waals surface area contributed by atoms with Crippen LogP contribution in [-0.4, -0.2) is 29.8 Å². The first-order valence-electron chi connectivity index (χ1n) is 13.6. The molecule has 198 valence electrons. The molecule has 1 N–H and O–H groups in total. The largest absolute Gasteiger partial charge is 0.494 e. The summed E-state index contributed by atoms with van der Waals surface area (Å²) in [5.74, 6) is -0.639. The Bertz CT molecular complexity index is 1100. The minimum absolute atomic E-state index is 0.224. The highest BCUT2D eigenvalue weighted by molar-refractivity contribution is 5.97. The van der Waals surface area contributed by atoms with Gasteiger partial charge >= 0.3 is 11.9 Å². The van der Waals surface area contributed by atoms with E-state index in [1.54, 1.807) is 30.3 Å². The summed E-state index contributed by atoms with van der Waals surface area (Å²) in [4.78, 5) is 25.6. The van der Waals surface area contributed by atoms with Crippen molar-refractivity contribution in [1.29, 1.82) is 0 Å². The second kappa shape index (κ2) is 13.8. The van der Waals surface area contributed by atoms with Crippen molar-refractivity contribution in [3.05, 3.63) is 83.4 Å². The average molecular weight is 505 g/mol. The topological polar surface area (TPSA) is 72.8 Å². The molecule has 5 nitrogen and oxygen atoms in total. The summed E-state index contributed by atoms with van der Waals surface area (Å²) in [6.45, 7) is 6.87. The minimum Gasteiger partial charge on any atom is -0.494 e. The number of hydrogen-bond donors (Lipinski definition) is 1. The normalized spacial score (nSPS) is 17.6. The van der Waals surface area contributed by atoms with Crippen LogP contribution in [0.15, 0.2) is 66.8 Å². The molecule has 0 heterocycles. The zero-order chi connectivity index (χ0) is 26.7. The second-order valence-electron chi connectivity index (χ2n) is 9.81. The zero-order valence-corrected chi connectivity index (χ0v) is 22.4. The fourth-order valence-corrected chi connectivity index (χ4v) is 4.64. The van der Waals surface area contributed by atoms with Crippen LogP contribution in [0.3, 0.4) is 0 Å². The number of carboxylic acids is 1. The van der Waals surface area contributed by atoms with E-state index in [9.17, 15) is 14.7 Å². The molecular weight excluding hydrogens is 464 g/mol. The summed E-state index contributed by atoms with van der Waals surface area (Å²) in [7, 11) is 0. The first kappa shape index (κ1) is 28.2. The molecule has 1 aliphatic rings. The van der Waals surface area contributed by atoms with E-state index in [0.717, 1.165) is 42.6 Å². The molecule has 0 aliphatic heterocycles. The van der Waals surface area contributed by atoms with Gasteiger partial charge in [0.25, 0.3) is 0 Å². The number of unbranched alkanes of at least 4 members (excludes halogenated alkanes) is 4. The Morgan fingerprint density at radius 3 is 2.35 bits per heavy atom. The molecule has 2 aromatic carbocycles. The Hall–Kier alpha value is -3.34. The van der Waals surface area contributed by atoms with E-state index in [1.165, 1.54) is 19.3 Å². The highest BCUT2D eigenvalue weighted by Gasteiger charge is 2.41. The SMILES string of the molecule is CCCCCCOc1ccc(C2=CCC(C(=O)O)(c3ccccc3C(=O)OC(C)CCCC)C=C2)cc1. The molecule has 0 amide bonds. The molecule has 0 saturated heterocycles. The number of rotatable bonds is 14. The van der Waals surface area contributed by atoms with Gasteiger partial charge in [0.15, 0.2) is 0 Å². The van der Waals surface area contributed by atoms with Crippen LogP contribution in [0.25, 0.3) is 5.57 Å². The third kappa shape index (κ3) is 7.34. The predicted octanol–water partition coefficient (Wildman–Crippen LogP) is 7.75. The van der Waals surface area contributed by atoms with Gasteiger partial charge in [0.05, 0.1) is 18.3 Å². The van der Waals surface area contributed by atoms with Crippen LogP contribution in [0.5, 0.6) is 5.75 Å². The molecule has 5 heteroatoms. The van der Waals surface area contributed by atoms with Crippen LogP contribution in [0.4, 0.5) is 0 Å². The molecule has 2 atom stereocenters. The Labute approximate surface area is 221 Å². The molecule has 0 spiro atoms. The molecule has 37 heavy (non-hydrogen) atoms. The van der Waals surface area contributed by atoms with Crippen molar-refractivity contribution in [1.82, 2.24) is 0 Å². The Morgan fingerprint density at radius 2 is 1.70 bits per heavy atom. The van der Waals surface area contributed by atoms with Crippen LogP contribution >= 0.6 is 0 Å². The number of ether oxygens (including phenoxy) is 2. The maximum Gasteiger partial charge on any atom is 0.338 e. The summed E-state index contributed by atoms with van der Waals surface area (Å²) in [5, 5.41) is 10.3. The van der Waals surface area contributed by atoms with Crippen molar-refractivity contribution in [2.45, 2.75) is 83.7 Å². The van der Waals surface area contributed by atoms with Crippen molar-refractivity contribution in [3.8, 4) is 5.75 Å². The maximum absolute atomic E-state index is 13.0. The molecule has 0 radical (unpaired) electrons. The van der Waals surface area contributed by atoms with E-state index in [1.807, 2.05) is 43.3 Å². The van der Waals surface area contributed by atoms with Gasteiger partial charge in [-0.2, -0.15) is 0 Å². The zero-order valence-electron chi connectivity index (χ0n) is 22.4. The predicted molar refractivity (Wildman–Crippen MR) is 148 cm³/mol. The third-order valence-corrected chi connectivity index (χ3v) is 6.93. The first-order chi connectivity index (χ1) is 17.9. The number of carboxylic acid groups (broad SMARTS) is 1. The van der Waals surface area contributed by atoms with Crippen molar-refractivity contribution in [2.24, 2.45) is 0 Å². The van der Waals surface area contributed by atoms with E-state index in [-0.39, 0.29) is 12.5 Å². The van der Waals surface area contributed by atoms with Crippen molar-refractivity contribution in [3.63, 3.8) is 0 Å². The van der Waals surface area contributed by atoms with E-state index in [4.69, 9.17) is 9.47 Å². The summed E-state index contributed by atoms with van der Waals surface area (Å²) < 4.78 is 11.5. The van der Waals surface area contributed by atoms with Crippen LogP contribution in [-0.2, 0) is 14.9 Å². The maximum atomic E-state index is 13.0. The number of aliphatic carboxylic acids is 1. The minimum atomic E-state index is -1.34. The van der Waals surface area contributed by atoms with Gasteiger partial charge in [-0.25, -0.2) is 4.79 Å². The summed E-state index contributed by atoms with van der Waals surface area (Å²) >= 11 is 0. The van der Waals surface area contributed by atoms with E-state index in [2.05, 4.69) is 13.8 Å². The van der Waals surface area contributed by atoms with E-state index in [0.29, 0.717) is 17.7 Å². The molecular formula is C32H40O5. The van der Waals surface area contributed by atoms with Crippen molar-refractivity contribution in [2.75, 3.05) is 6.61 Å². The highest BCUT2D eigenvalue weighted by Crippen LogP contribution is 2.39. The monoisotopic (exact) mass is 504 g/mol. The fourth-order valence-electron chi connectivity index (χ4n) is 4.64. The van der Waals surface area contributed by atoms with E-state index < -0.39 is 17.4 Å². The van der Waals surface area contributed by atoms with Crippen molar-refractivity contribution >= 4 is 17.5 Å². The molecule has 1 aliphatic carbocycles.